The van der Waals surface area contributed by atoms with E-state index in [4.69, 9.17) is 4.84 Å². The van der Waals surface area contributed by atoms with Crippen LogP contribution < -0.4 is 5.48 Å². The van der Waals surface area contributed by atoms with E-state index in [1.165, 1.54) is 12.3 Å². The normalized spacial score (nSPS) is 12.8. The molecule has 1 rings (SSSR count). The van der Waals surface area contributed by atoms with Crippen LogP contribution in [-0.4, -0.2) is 11.6 Å². The van der Waals surface area contributed by atoms with Crippen LogP contribution in [0.25, 0.3) is 0 Å². The highest BCUT2D eigenvalue weighted by atomic mass is 19.1. The fourth-order valence-corrected chi connectivity index (χ4v) is 0.912. The van der Waals surface area contributed by atoms with Gasteiger partial charge in [0.2, 0.25) is 0 Å². The number of aromatic nitrogens is 1. The molecule has 1 N–H and O–H groups in total. The van der Waals surface area contributed by atoms with Crippen LogP contribution in [0.3, 0.4) is 0 Å². The molecule has 1 unspecified atom stereocenters. The molecule has 0 radical (unpaired) electrons. The van der Waals surface area contributed by atoms with Crippen molar-refractivity contribution in [2.45, 2.75) is 19.9 Å². The molecular formula is C9H13FN2O. The number of pyridine rings is 1. The van der Waals surface area contributed by atoms with Crippen molar-refractivity contribution in [3.63, 3.8) is 0 Å². The van der Waals surface area contributed by atoms with Gasteiger partial charge in [-0.3, -0.25) is 4.98 Å². The monoisotopic (exact) mass is 184 g/mol. The van der Waals surface area contributed by atoms with E-state index >= 15 is 0 Å². The number of hydrogen-bond acceptors (Lipinski definition) is 3. The molecule has 0 amide bonds. The van der Waals surface area contributed by atoms with Gasteiger partial charge in [0, 0.05) is 0 Å². The molecule has 1 atom stereocenters. The lowest BCUT2D eigenvalue weighted by Crippen LogP contribution is -2.19. The van der Waals surface area contributed by atoms with Crippen LogP contribution in [0.1, 0.15) is 25.6 Å². The van der Waals surface area contributed by atoms with Gasteiger partial charge < -0.3 is 4.84 Å². The first kappa shape index (κ1) is 10.1. The highest BCUT2D eigenvalue weighted by Crippen LogP contribution is 2.08. The number of nitrogens with one attached hydrogen (secondary N) is 1. The maximum atomic E-state index is 12.5. The second-order valence-corrected chi connectivity index (χ2v) is 2.67. The van der Waals surface area contributed by atoms with Gasteiger partial charge in [-0.1, -0.05) is 0 Å². The summed E-state index contributed by atoms with van der Waals surface area (Å²) in [6, 6.07) is 2.99. The molecule has 1 aromatic rings. The quantitative estimate of drug-likeness (QED) is 0.725. The van der Waals surface area contributed by atoms with Crippen molar-refractivity contribution in [1.82, 2.24) is 10.5 Å². The average molecular weight is 184 g/mol. The number of nitrogens with zero attached hydrogens (tertiary/aromatic N) is 1. The lowest BCUT2D eigenvalue weighted by Gasteiger charge is -2.11. The van der Waals surface area contributed by atoms with E-state index in [0.29, 0.717) is 6.61 Å². The Morgan fingerprint density at radius 2 is 2.38 bits per heavy atom. The Labute approximate surface area is 76.9 Å². The maximum Gasteiger partial charge on any atom is 0.141 e. The highest BCUT2D eigenvalue weighted by molar-refractivity contribution is 5.08. The molecule has 0 bridgehead atoms. The van der Waals surface area contributed by atoms with E-state index in [9.17, 15) is 4.39 Å². The summed E-state index contributed by atoms with van der Waals surface area (Å²) >= 11 is 0. The zero-order valence-corrected chi connectivity index (χ0v) is 7.75. The maximum absolute atomic E-state index is 12.5. The largest absolute Gasteiger partial charge is 0.301 e. The molecule has 4 heteroatoms. The van der Waals surface area contributed by atoms with Crippen molar-refractivity contribution in [3.05, 3.63) is 29.8 Å². The van der Waals surface area contributed by atoms with E-state index in [0.717, 1.165) is 5.69 Å². The molecule has 0 saturated heterocycles. The summed E-state index contributed by atoms with van der Waals surface area (Å²) in [6.45, 7) is 4.37. The smallest absolute Gasteiger partial charge is 0.141 e. The predicted molar refractivity (Wildman–Crippen MR) is 47.4 cm³/mol. The molecule has 72 valence electrons. The topological polar surface area (TPSA) is 34.1 Å². The van der Waals surface area contributed by atoms with Crippen LogP contribution >= 0.6 is 0 Å². The molecule has 1 aromatic heterocycles. The fourth-order valence-electron chi connectivity index (χ4n) is 0.912. The van der Waals surface area contributed by atoms with Gasteiger partial charge in [-0.05, 0) is 26.0 Å². The van der Waals surface area contributed by atoms with Crippen molar-refractivity contribution in [1.29, 1.82) is 0 Å². The third-order valence-electron chi connectivity index (χ3n) is 1.60. The van der Waals surface area contributed by atoms with Gasteiger partial charge in [-0.25, -0.2) is 4.39 Å². The molecule has 1 heterocycles. The zero-order chi connectivity index (χ0) is 9.68. The summed E-state index contributed by atoms with van der Waals surface area (Å²) in [4.78, 5) is 8.91. The molecule has 0 aliphatic rings. The second-order valence-electron chi connectivity index (χ2n) is 2.67. The summed E-state index contributed by atoms with van der Waals surface area (Å²) in [5.74, 6) is -0.327. The SMILES string of the molecule is CCONC(C)c1ccc(F)cn1. The Hall–Kier alpha value is -1.00. The molecule has 0 saturated carbocycles. The van der Waals surface area contributed by atoms with Crippen LogP contribution in [0.2, 0.25) is 0 Å². The Balaban J connectivity index is 2.55. The van der Waals surface area contributed by atoms with Crippen LogP contribution in [0, 0.1) is 5.82 Å². The van der Waals surface area contributed by atoms with E-state index in [2.05, 4.69) is 10.5 Å². The van der Waals surface area contributed by atoms with Crippen molar-refractivity contribution in [2.75, 3.05) is 6.61 Å². The number of hydroxylamine groups is 1. The molecule has 0 aliphatic heterocycles. The fraction of sp³-hybridized carbons (Fsp3) is 0.444. The van der Waals surface area contributed by atoms with Crippen molar-refractivity contribution in [2.24, 2.45) is 0 Å². The predicted octanol–water partition coefficient (Wildman–Crippen LogP) is 1.82. The summed E-state index contributed by atoms with van der Waals surface area (Å²) in [6.07, 6.45) is 1.19. The third-order valence-corrected chi connectivity index (χ3v) is 1.60. The number of rotatable bonds is 4. The minimum atomic E-state index is -0.327. The van der Waals surface area contributed by atoms with Crippen LogP contribution in [-0.2, 0) is 4.84 Å². The zero-order valence-electron chi connectivity index (χ0n) is 7.75. The molecule has 0 aromatic carbocycles. The number of halogens is 1. The van der Waals surface area contributed by atoms with Crippen LogP contribution in [0.5, 0.6) is 0 Å². The van der Waals surface area contributed by atoms with E-state index in [-0.39, 0.29) is 11.9 Å². The second kappa shape index (κ2) is 4.89. The minimum absolute atomic E-state index is 0.0273. The van der Waals surface area contributed by atoms with Gasteiger partial charge in [0.1, 0.15) is 5.82 Å². The van der Waals surface area contributed by atoms with Crippen molar-refractivity contribution < 1.29 is 9.23 Å². The minimum Gasteiger partial charge on any atom is -0.301 e. The Bertz CT molecular complexity index is 250. The van der Waals surface area contributed by atoms with Crippen LogP contribution in [0.15, 0.2) is 18.3 Å². The van der Waals surface area contributed by atoms with Crippen molar-refractivity contribution in [3.8, 4) is 0 Å². The third kappa shape index (κ3) is 3.08. The molecule has 0 aliphatic carbocycles. The van der Waals surface area contributed by atoms with E-state index in [1.807, 2.05) is 13.8 Å². The first-order valence-corrected chi connectivity index (χ1v) is 4.22. The molecule has 13 heavy (non-hydrogen) atoms. The van der Waals surface area contributed by atoms with Gasteiger partial charge in [0.05, 0.1) is 24.5 Å². The first-order chi connectivity index (χ1) is 6.24. The average Bonchev–Trinajstić information content (AvgIpc) is 2.15. The molecule has 0 spiro atoms. The number of hydrogen-bond donors (Lipinski definition) is 1. The molecule has 3 nitrogen and oxygen atoms in total. The van der Waals surface area contributed by atoms with E-state index in [1.54, 1.807) is 6.07 Å². The first-order valence-electron chi connectivity index (χ1n) is 4.22. The summed E-state index contributed by atoms with van der Waals surface area (Å²) in [7, 11) is 0. The van der Waals surface area contributed by atoms with Gasteiger partial charge in [-0.15, -0.1) is 0 Å². The standard InChI is InChI=1S/C9H13FN2O/c1-3-13-12-7(2)9-5-4-8(10)6-11-9/h4-7,12H,3H2,1-2H3. The summed E-state index contributed by atoms with van der Waals surface area (Å²) < 4.78 is 12.5. The Morgan fingerprint density at radius 3 is 2.92 bits per heavy atom. The summed E-state index contributed by atoms with van der Waals surface area (Å²) in [5, 5.41) is 0. The molecule has 0 fully saturated rings. The van der Waals surface area contributed by atoms with Crippen LogP contribution in [0.4, 0.5) is 4.39 Å². The van der Waals surface area contributed by atoms with E-state index < -0.39 is 0 Å². The molecular weight excluding hydrogens is 171 g/mol. The van der Waals surface area contributed by atoms with Gasteiger partial charge in [0.25, 0.3) is 0 Å². The van der Waals surface area contributed by atoms with Gasteiger partial charge in [0.15, 0.2) is 0 Å². The van der Waals surface area contributed by atoms with Crippen molar-refractivity contribution >= 4 is 0 Å². The van der Waals surface area contributed by atoms with Gasteiger partial charge in [-0.2, -0.15) is 5.48 Å². The summed E-state index contributed by atoms with van der Waals surface area (Å²) in [5.41, 5.74) is 3.54. The lowest BCUT2D eigenvalue weighted by molar-refractivity contribution is 0.0275. The van der Waals surface area contributed by atoms with Gasteiger partial charge >= 0.3 is 0 Å². The Morgan fingerprint density at radius 1 is 1.62 bits per heavy atom. The lowest BCUT2D eigenvalue weighted by atomic mass is 10.2. The highest BCUT2D eigenvalue weighted by Gasteiger charge is 2.05. The Kier molecular flexibility index (Phi) is 3.79.